The summed E-state index contributed by atoms with van der Waals surface area (Å²) in [5, 5.41) is 1.76. The number of nitrogens with zero attached hydrogens (tertiary/aromatic N) is 3. The summed E-state index contributed by atoms with van der Waals surface area (Å²) in [6.07, 6.45) is 1.27. The second-order valence-corrected chi connectivity index (χ2v) is 9.11. The van der Waals surface area contributed by atoms with Crippen LogP contribution in [0.1, 0.15) is 48.8 Å². The number of nitrogens with one attached hydrogen (secondary N) is 1. The number of pyridine rings is 1. The Kier molecular flexibility index (Phi) is 7.39. The molecular formula is C25H31FN4O5. The monoisotopic (exact) mass is 486 g/mol. The molecule has 10 heteroatoms. The molecule has 1 aromatic heterocycles. The highest BCUT2D eigenvalue weighted by Crippen LogP contribution is 2.45. The van der Waals surface area contributed by atoms with Crippen molar-refractivity contribution in [2.45, 2.75) is 32.7 Å². The number of rotatable bonds is 6. The number of carbonyl (C=O) groups excluding carboxylic acids is 2. The van der Waals surface area contributed by atoms with Gasteiger partial charge in [-0.3, -0.25) is 5.01 Å². The predicted molar refractivity (Wildman–Crippen MR) is 127 cm³/mol. The molecule has 0 saturated carbocycles. The number of esters is 1. The summed E-state index contributed by atoms with van der Waals surface area (Å²) in [5.41, 5.74) is 5.09. The van der Waals surface area contributed by atoms with Crippen LogP contribution in [0.15, 0.2) is 30.3 Å². The topological polar surface area (TPSA) is 93.2 Å². The third-order valence-electron chi connectivity index (χ3n) is 6.46. The molecule has 1 aromatic carbocycles. The molecular weight excluding hydrogens is 455 g/mol. The lowest BCUT2D eigenvalue weighted by molar-refractivity contribution is 0.0593. The maximum absolute atomic E-state index is 13.6. The van der Waals surface area contributed by atoms with Gasteiger partial charge < -0.3 is 19.1 Å². The fourth-order valence-corrected chi connectivity index (χ4v) is 4.46. The van der Waals surface area contributed by atoms with Crippen LogP contribution in [-0.4, -0.2) is 55.9 Å². The van der Waals surface area contributed by atoms with Gasteiger partial charge >= 0.3 is 12.1 Å². The van der Waals surface area contributed by atoms with Crippen LogP contribution < -0.4 is 15.2 Å². The van der Waals surface area contributed by atoms with Crippen molar-refractivity contribution in [3.63, 3.8) is 0 Å². The largest absolute Gasteiger partial charge is 0.493 e. The Labute approximate surface area is 204 Å². The van der Waals surface area contributed by atoms with Crippen LogP contribution in [0.25, 0.3) is 0 Å². The number of ether oxygens (including phenoxy) is 3. The molecule has 0 radical (unpaired) electrons. The molecule has 35 heavy (non-hydrogen) atoms. The minimum absolute atomic E-state index is 0.125. The Morgan fingerprint density at radius 2 is 1.83 bits per heavy atom. The van der Waals surface area contributed by atoms with E-state index < -0.39 is 5.97 Å². The summed E-state index contributed by atoms with van der Waals surface area (Å²) in [7, 11) is 2.69. The number of methoxy groups -OCH3 is 2. The van der Waals surface area contributed by atoms with E-state index in [9.17, 15) is 14.0 Å². The lowest BCUT2D eigenvalue weighted by Crippen LogP contribution is -2.39. The standard InChI is InChI=1S/C25H31FN4O5/c1-15(2)22-21-20(35-14-16-9-11-29(12-10-16)25(32)34-4)13-19(24(31)33-3)27-23(21)30(28-22)18-7-5-17(26)6-8-18/h5-8,13,15-16,22,28H,9-12,14H2,1-4H3. The van der Waals surface area contributed by atoms with Crippen molar-refractivity contribution in [2.24, 2.45) is 11.8 Å². The number of likely N-dealkylation sites (tertiary alicyclic amines) is 1. The molecule has 1 unspecified atom stereocenters. The summed E-state index contributed by atoms with van der Waals surface area (Å²) in [6.45, 7) is 5.81. The van der Waals surface area contributed by atoms with E-state index in [1.54, 1.807) is 28.1 Å². The molecule has 4 rings (SSSR count). The van der Waals surface area contributed by atoms with Crippen LogP contribution in [0, 0.1) is 17.7 Å². The molecule has 2 aliphatic rings. The number of benzene rings is 1. The first kappa shape index (κ1) is 24.7. The van der Waals surface area contributed by atoms with E-state index in [0.717, 1.165) is 18.4 Å². The molecule has 0 aliphatic carbocycles. The first-order valence-electron chi connectivity index (χ1n) is 11.7. The number of amides is 1. The second kappa shape index (κ2) is 10.5. The highest BCUT2D eigenvalue weighted by Gasteiger charge is 2.37. The summed E-state index contributed by atoms with van der Waals surface area (Å²) in [5.74, 6) is 0.593. The first-order valence-corrected chi connectivity index (χ1v) is 11.7. The van der Waals surface area contributed by atoms with E-state index in [1.807, 2.05) is 0 Å². The second-order valence-electron chi connectivity index (χ2n) is 9.11. The zero-order valence-corrected chi connectivity index (χ0v) is 20.4. The average molecular weight is 487 g/mol. The molecule has 1 N–H and O–H groups in total. The first-order chi connectivity index (χ1) is 16.8. The number of fused-ring (bicyclic) bond motifs is 1. The third kappa shape index (κ3) is 5.17. The van der Waals surface area contributed by atoms with Crippen molar-refractivity contribution >= 4 is 23.6 Å². The van der Waals surface area contributed by atoms with Crippen molar-refractivity contribution in [3.8, 4) is 5.75 Å². The van der Waals surface area contributed by atoms with Crippen LogP contribution in [0.3, 0.4) is 0 Å². The third-order valence-corrected chi connectivity index (χ3v) is 6.46. The van der Waals surface area contributed by atoms with E-state index in [-0.39, 0.29) is 35.5 Å². The van der Waals surface area contributed by atoms with Gasteiger partial charge in [-0.2, -0.15) is 0 Å². The fourth-order valence-electron chi connectivity index (χ4n) is 4.46. The summed E-state index contributed by atoms with van der Waals surface area (Å²) < 4.78 is 29.6. The summed E-state index contributed by atoms with van der Waals surface area (Å²) in [6, 6.07) is 7.54. The summed E-state index contributed by atoms with van der Waals surface area (Å²) >= 11 is 0. The van der Waals surface area contributed by atoms with Crippen molar-refractivity contribution in [3.05, 3.63) is 47.4 Å². The van der Waals surface area contributed by atoms with Gasteiger partial charge in [0.2, 0.25) is 0 Å². The van der Waals surface area contributed by atoms with Crippen molar-refractivity contribution < 1.29 is 28.2 Å². The minimum atomic E-state index is -0.573. The number of carbonyl (C=O) groups is 2. The van der Waals surface area contributed by atoms with Crippen LogP contribution in [0.4, 0.5) is 20.7 Å². The van der Waals surface area contributed by atoms with E-state index in [0.29, 0.717) is 37.0 Å². The van der Waals surface area contributed by atoms with Crippen LogP contribution in [-0.2, 0) is 9.47 Å². The lowest BCUT2D eigenvalue weighted by atomic mass is 9.96. The predicted octanol–water partition coefficient (Wildman–Crippen LogP) is 4.22. The molecule has 1 fully saturated rings. The molecule has 1 saturated heterocycles. The highest BCUT2D eigenvalue weighted by molar-refractivity contribution is 5.89. The maximum atomic E-state index is 13.6. The number of anilines is 2. The van der Waals surface area contributed by atoms with Gasteiger partial charge in [-0.1, -0.05) is 13.8 Å². The number of hydrogen-bond donors (Lipinski definition) is 1. The Hall–Kier alpha value is -3.40. The number of halogens is 1. The number of hydrazine groups is 1. The van der Waals surface area contributed by atoms with Gasteiger partial charge in [-0.05, 0) is 48.9 Å². The molecule has 2 aliphatic heterocycles. The van der Waals surface area contributed by atoms with Crippen molar-refractivity contribution in [1.29, 1.82) is 0 Å². The molecule has 188 valence electrons. The maximum Gasteiger partial charge on any atom is 0.409 e. The minimum Gasteiger partial charge on any atom is -0.493 e. The van der Waals surface area contributed by atoms with Crippen LogP contribution in [0.5, 0.6) is 5.75 Å². The van der Waals surface area contributed by atoms with Gasteiger partial charge in [0, 0.05) is 19.2 Å². The SMILES string of the molecule is COC(=O)c1cc(OCC2CCN(C(=O)OC)CC2)c2c(n1)N(c1ccc(F)cc1)NC2C(C)C. The molecule has 1 atom stereocenters. The normalized spacial score (nSPS) is 17.9. The average Bonchev–Trinajstić information content (AvgIpc) is 3.27. The Morgan fingerprint density at radius 3 is 2.43 bits per heavy atom. The number of hydrogen-bond acceptors (Lipinski definition) is 8. The zero-order valence-electron chi connectivity index (χ0n) is 20.4. The molecule has 1 amide bonds. The lowest BCUT2D eigenvalue weighted by Gasteiger charge is -2.31. The number of piperidine rings is 1. The zero-order chi connectivity index (χ0) is 25.1. The van der Waals surface area contributed by atoms with Gasteiger partial charge in [0.1, 0.15) is 11.6 Å². The van der Waals surface area contributed by atoms with E-state index in [4.69, 9.17) is 14.2 Å². The van der Waals surface area contributed by atoms with Crippen molar-refractivity contribution in [1.82, 2.24) is 15.3 Å². The molecule has 3 heterocycles. The van der Waals surface area contributed by atoms with Gasteiger partial charge in [0.15, 0.2) is 11.5 Å². The van der Waals surface area contributed by atoms with E-state index in [2.05, 4.69) is 24.3 Å². The van der Waals surface area contributed by atoms with Gasteiger partial charge in [0.05, 0.1) is 38.1 Å². The van der Waals surface area contributed by atoms with Crippen LogP contribution >= 0.6 is 0 Å². The Balaban J connectivity index is 1.63. The van der Waals surface area contributed by atoms with E-state index >= 15 is 0 Å². The quantitative estimate of drug-likeness (QED) is 0.607. The Morgan fingerprint density at radius 1 is 1.14 bits per heavy atom. The summed E-state index contributed by atoms with van der Waals surface area (Å²) in [4.78, 5) is 30.5. The van der Waals surface area contributed by atoms with Gasteiger partial charge in [-0.25, -0.2) is 24.4 Å². The van der Waals surface area contributed by atoms with Crippen LogP contribution in [0.2, 0.25) is 0 Å². The highest BCUT2D eigenvalue weighted by atomic mass is 19.1. The molecule has 0 spiro atoms. The number of aromatic nitrogens is 1. The fraction of sp³-hybridized carbons (Fsp3) is 0.480. The van der Waals surface area contributed by atoms with Crippen molar-refractivity contribution in [2.75, 3.05) is 38.9 Å². The van der Waals surface area contributed by atoms with Gasteiger partial charge in [-0.15, -0.1) is 0 Å². The molecule has 0 bridgehead atoms. The molecule has 9 nitrogen and oxygen atoms in total. The smallest absolute Gasteiger partial charge is 0.409 e. The van der Waals surface area contributed by atoms with Gasteiger partial charge in [0.25, 0.3) is 0 Å². The van der Waals surface area contributed by atoms with E-state index in [1.165, 1.54) is 26.4 Å². The Bertz CT molecular complexity index is 1070. The molecule has 2 aromatic rings.